The third-order valence-electron chi connectivity index (χ3n) is 3.99. The van der Waals surface area contributed by atoms with Crippen LogP contribution in [0.5, 0.6) is 0 Å². The largest absolute Gasteiger partial charge is 0.348 e. The Labute approximate surface area is 166 Å². The number of hydrogen-bond donors (Lipinski definition) is 1. The maximum Gasteiger partial charge on any atom is 0.348 e. The van der Waals surface area contributed by atoms with Gasteiger partial charge in [-0.05, 0) is 40.8 Å². The number of halogens is 2. The van der Waals surface area contributed by atoms with Crippen LogP contribution in [0.25, 0.3) is 5.69 Å². The van der Waals surface area contributed by atoms with E-state index in [9.17, 15) is 4.79 Å². The monoisotopic (exact) mass is 407 g/mol. The number of nitrogens with one attached hydrogen (secondary N) is 1. The number of thioether (sulfide) groups is 1. The summed E-state index contributed by atoms with van der Waals surface area (Å²) in [5.41, 5.74) is 2.81. The quantitative estimate of drug-likeness (QED) is 0.584. The molecule has 0 saturated carbocycles. The molecule has 136 valence electrons. The topological polar surface area (TPSA) is 50.7 Å². The van der Waals surface area contributed by atoms with Gasteiger partial charge >= 0.3 is 5.69 Å². The molecule has 0 aliphatic rings. The lowest BCUT2D eigenvalue weighted by molar-refractivity contribution is 0.590. The molecule has 7 heteroatoms. The van der Waals surface area contributed by atoms with Crippen LogP contribution in [0.1, 0.15) is 31.9 Å². The van der Waals surface area contributed by atoms with Crippen LogP contribution in [-0.4, -0.2) is 14.8 Å². The second-order valence-electron chi connectivity index (χ2n) is 6.98. The van der Waals surface area contributed by atoms with Crippen molar-refractivity contribution in [2.24, 2.45) is 0 Å². The fourth-order valence-electron chi connectivity index (χ4n) is 2.49. The molecule has 4 nitrogen and oxygen atoms in total. The van der Waals surface area contributed by atoms with E-state index in [-0.39, 0.29) is 11.1 Å². The van der Waals surface area contributed by atoms with Gasteiger partial charge in [0, 0.05) is 5.75 Å². The summed E-state index contributed by atoms with van der Waals surface area (Å²) in [6.45, 7) is 6.47. The molecule has 0 aliphatic carbocycles. The van der Waals surface area contributed by atoms with Crippen LogP contribution in [0.15, 0.2) is 52.4 Å². The summed E-state index contributed by atoms with van der Waals surface area (Å²) in [6.07, 6.45) is 0. The number of benzene rings is 2. The highest BCUT2D eigenvalue weighted by molar-refractivity contribution is 7.98. The van der Waals surface area contributed by atoms with Crippen LogP contribution < -0.4 is 5.69 Å². The Morgan fingerprint density at radius 2 is 1.77 bits per heavy atom. The summed E-state index contributed by atoms with van der Waals surface area (Å²) in [5, 5.41) is 8.32. The first-order valence-electron chi connectivity index (χ1n) is 8.11. The van der Waals surface area contributed by atoms with Crippen molar-refractivity contribution in [3.8, 4) is 5.69 Å². The Balaban J connectivity index is 1.85. The van der Waals surface area contributed by atoms with Gasteiger partial charge in [0.15, 0.2) is 5.16 Å². The van der Waals surface area contributed by atoms with E-state index in [1.54, 1.807) is 10.6 Å². The van der Waals surface area contributed by atoms with Gasteiger partial charge in [-0.2, -0.15) is 0 Å². The minimum absolute atomic E-state index is 0.0608. The highest BCUT2D eigenvalue weighted by Gasteiger charge is 2.15. The molecule has 1 aromatic heterocycles. The van der Waals surface area contributed by atoms with Gasteiger partial charge in [0.25, 0.3) is 0 Å². The number of H-pyrrole nitrogens is 1. The molecule has 2 aromatic carbocycles. The van der Waals surface area contributed by atoms with Crippen LogP contribution in [0.2, 0.25) is 10.0 Å². The number of aromatic nitrogens is 3. The van der Waals surface area contributed by atoms with Crippen molar-refractivity contribution in [2.75, 3.05) is 0 Å². The lowest BCUT2D eigenvalue weighted by atomic mass is 9.87. The summed E-state index contributed by atoms with van der Waals surface area (Å²) < 4.78 is 1.58. The number of rotatable bonds is 4. The van der Waals surface area contributed by atoms with Crippen LogP contribution >= 0.6 is 35.0 Å². The Morgan fingerprint density at radius 1 is 1.08 bits per heavy atom. The Morgan fingerprint density at radius 3 is 2.38 bits per heavy atom. The third kappa shape index (κ3) is 4.17. The van der Waals surface area contributed by atoms with Gasteiger partial charge in [0.2, 0.25) is 0 Å². The molecule has 0 radical (unpaired) electrons. The van der Waals surface area contributed by atoms with E-state index in [1.165, 1.54) is 17.3 Å². The minimum Gasteiger partial charge on any atom is -0.246 e. The average Bonchev–Trinajstić information content (AvgIpc) is 2.96. The summed E-state index contributed by atoms with van der Waals surface area (Å²) >= 11 is 13.5. The van der Waals surface area contributed by atoms with Crippen molar-refractivity contribution < 1.29 is 0 Å². The zero-order valence-electron chi connectivity index (χ0n) is 14.7. The van der Waals surface area contributed by atoms with Gasteiger partial charge in [0.1, 0.15) is 0 Å². The summed E-state index contributed by atoms with van der Waals surface area (Å²) in [4.78, 5) is 12.2. The molecule has 0 amide bonds. The van der Waals surface area contributed by atoms with E-state index in [0.29, 0.717) is 21.0 Å². The van der Waals surface area contributed by atoms with Crippen molar-refractivity contribution in [3.05, 3.63) is 74.1 Å². The minimum atomic E-state index is -0.259. The van der Waals surface area contributed by atoms with Crippen LogP contribution in [0, 0.1) is 0 Å². The average molecular weight is 408 g/mol. The summed E-state index contributed by atoms with van der Waals surface area (Å²) in [5.74, 6) is 0.626. The third-order valence-corrected chi connectivity index (χ3v) is 5.73. The molecule has 26 heavy (non-hydrogen) atoms. The number of nitrogens with zero attached hydrogens (tertiary/aromatic N) is 2. The van der Waals surface area contributed by atoms with Gasteiger partial charge < -0.3 is 0 Å². The molecular formula is C19H19Cl2N3OS. The Bertz CT molecular complexity index is 972. The van der Waals surface area contributed by atoms with Crippen molar-refractivity contribution in [2.45, 2.75) is 37.1 Å². The molecule has 3 aromatic rings. The van der Waals surface area contributed by atoms with Crippen molar-refractivity contribution >= 4 is 35.0 Å². The molecular weight excluding hydrogens is 389 g/mol. The van der Waals surface area contributed by atoms with E-state index in [2.05, 4.69) is 31.0 Å². The van der Waals surface area contributed by atoms with Crippen molar-refractivity contribution in [3.63, 3.8) is 0 Å². The van der Waals surface area contributed by atoms with E-state index >= 15 is 0 Å². The first-order chi connectivity index (χ1) is 12.3. The van der Waals surface area contributed by atoms with E-state index in [4.69, 9.17) is 23.2 Å². The number of hydrogen-bond acceptors (Lipinski definition) is 3. The smallest absolute Gasteiger partial charge is 0.246 e. The highest BCUT2D eigenvalue weighted by atomic mass is 35.5. The van der Waals surface area contributed by atoms with Crippen molar-refractivity contribution in [1.82, 2.24) is 14.8 Å². The highest BCUT2D eigenvalue weighted by Crippen LogP contribution is 2.28. The molecule has 3 rings (SSSR count). The maximum absolute atomic E-state index is 12.2. The van der Waals surface area contributed by atoms with Gasteiger partial charge in [-0.3, -0.25) is 0 Å². The van der Waals surface area contributed by atoms with Gasteiger partial charge in [-0.25, -0.2) is 14.5 Å². The summed E-state index contributed by atoms with van der Waals surface area (Å²) in [6, 6.07) is 13.5. The fraction of sp³-hybridized carbons (Fsp3) is 0.263. The fourth-order valence-corrected chi connectivity index (χ4v) is 3.72. The summed E-state index contributed by atoms with van der Waals surface area (Å²) in [7, 11) is 0. The molecule has 0 unspecified atom stereocenters. The molecule has 1 N–H and O–H groups in total. The molecule has 0 atom stereocenters. The predicted molar refractivity (Wildman–Crippen MR) is 109 cm³/mol. The Hall–Kier alpha value is -1.69. The van der Waals surface area contributed by atoms with E-state index in [1.807, 2.05) is 36.4 Å². The Kier molecular flexibility index (Phi) is 5.51. The predicted octanol–water partition coefficient (Wildman–Crippen LogP) is 5.46. The van der Waals surface area contributed by atoms with Gasteiger partial charge in [-0.15, -0.1) is 5.10 Å². The second kappa shape index (κ2) is 7.51. The zero-order valence-corrected chi connectivity index (χ0v) is 17.0. The SMILES string of the molecule is CC(C)(C)c1ccc(-n2c(SCc3ccc(Cl)c(Cl)c3)n[nH]c2=O)cc1. The zero-order chi connectivity index (χ0) is 18.9. The second-order valence-corrected chi connectivity index (χ2v) is 8.74. The molecule has 1 heterocycles. The van der Waals surface area contributed by atoms with E-state index < -0.39 is 0 Å². The molecule has 0 spiro atoms. The number of aromatic amines is 1. The lowest BCUT2D eigenvalue weighted by Gasteiger charge is -2.19. The normalized spacial score (nSPS) is 11.7. The molecule has 0 saturated heterocycles. The maximum atomic E-state index is 12.2. The first-order valence-corrected chi connectivity index (χ1v) is 9.85. The van der Waals surface area contributed by atoms with Crippen LogP contribution in [-0.2, 0) is 11.2 Å². The molecule has 0 aliphatic heterocycles. The van der Waals surface area contributed by atoms with Gasteiger partial charge in [0.05, 0.1) is 15.7 Å². The molecule has 0 fully saturated rings. The van der Waals surface area contributed by atoms with Crippen molar-refractivity contribution in [1.29, 1.82) is 0 Å². The first kappa shape index (κ1) is 19.1. The lowest BCUT2D eigenvalue weighted by Crippen LogP contribution is -2.16. The molecule has 0 bridgehead atoms. The standard InChI is InChI=1S/C19H19Cl2N3OS/c1-19(2,3)13-5-7-14(8-6-13)24-17(25)22-23-18(24)26-11-12-4-9-15(20)16(21)10-12/h4-10H,11H2,1-3H3,(H,22,25). The van der Waals surface area contributed by atoms with Gasteiger partial charge in [-0.1, -0.05) is 73.9 Å². The van der Waals surface area contributed by atoms with Crippen LogP contribution in [0.4, 0.5) is 0 Å². The van der Waals surface area contributed by atoms with Crippen LogP contribution in [0.3, 0.4) is 0 Å². The van der Waals surface area contributed by atoms with E-state index in [0.717, 1.165) is 11.3 Å².